The maximum atomic E-state index is 12.7. The van der Waals surface area contributed by atoms with Crippen LogP contribution in [0.3, 0.4) is 0 Å². The molecule has 2 aromatic carbocycles. The first kappa shape index (κ1) is 17.6. The van der Waals surface area contributed by atoms with Gasteiger partial charge >= 0.3 is 5.97 Å². The average molecular weight is 380 g/mol. The minimum absolute atomic E-state index is 0.0874. The van der Waals surface area contributed by atoms with Crippen LogP contribution < -0.4 is 0 Å². The van der Waals surface area contributed by atoms with E-state index in [9.17, 15) is 9.59 Å². The van der Waals surface area contributed by atoms with E-state index < -0.39 is 5.97 Å². The molecule has 1 aliphatic rings. The molecule has 0 bridgehead atoms. The number of nitrogens with zero attached hydrogens (tertiary/aromatic N) is 1. The summed E-state index contributed by atoms with van der Waals surface area (Å²) in [5, 5.41) is 0.595. The highest BCUT2D eigenvalue weighted by atomic mass is 35.5. The zero-order valence-electron chi connectivity index (χ0n) is 15.1. The predicted molar refractivity (Wildman–Crippen MR) is 105 cm³/mol. The Morgan fingerprint density at radius 1 is 1.07 bits per heavy atom. The second kappa shape index (κ2) is 6.71. The molecule has 0 saturated carbocycles. The number of rotatable bonds is 3. The molecule has 0 spiro atoms. The number of aryl methyl sites for hydroxylation is 1. The fourth-order valence-corrected chi connectivity index (χ4v) is 4.00. The van der Waals surface area contributed by atoms with E-state index in [1.165, 1.54) is 19.6 Å². The van der Waals surface area contributed by atoms with E-state index in [0.29, 0.717) is 28.4 Å². The van der Waals surface area contributed by atoms with Gasteiger partial charge in [-0.3, -0.25) is 4.79 Å². The number of halogens is 1. The Morgan fingerprint density at radius 3 is 2.44 bits per heavy atom. The number of benzene rings is 2. The monoisotopic (exact) mass is 379 g/mol. The van der Waals surface area contributed by atoms with Gasteiger partial charge in [-0.2, -0.15) is 0 Å². The smallest absolute Gasteiger partial charge is 0.355 e. The summed E-state index contributed by atoms with van der Waals surface area (Å²) in [6.45, 7) is 2.15. The third-order valence-electron chi connectivity index (χ3n) is 5.00. The molecule has 4 rings (SSSR count). The second-order valence-electron chi connectivity index (χ2n) is 6.56. The molecule has 0 amide bonds. The van der Waals surface area contributed by atoms with Crippen molar-refractivity contribution in [3.8, 4) is 22.4 Å². The molecular formula is C22H18ClNO3. The van der Waals surface area contributed by atoms with Crippen molar-refractivity contribution in [2.75, 3.05) is 7.11 Å². The third kappa shape index (κ3) is 2.77. The van der Waals surface area contributed by atoms with Crippen molar-refractivity contribution >= 4 is 23.4 Å². The van der Waals surface area contributed by atoms with Gasteiger partial charge in [-0.15, -0.1) is 0 Å². The molecule has 5 heteroatoms. The lowest BCUT2D eigenvalue weighted by molar-refractivity contribution is 0.0589. The molecule has 27 heavy (non-hydrogen) atoms. The molecule has 0 aliphatic carbocycles. The van der Waals surface area contributed by atoms with E-state index in [2.05, 4.69) is 6.07 Å². The third-order valence-corrected chi connectivity index (χ3v) is 5.26. The lowest BCUT2D eigenvalue weighted by Gasteiger charge is -2.21. The Hall–Kier alpha value is -2.85. The van der Waals surface area contributed by atoms with Crippen molar-refractivity contribution < 1.29 is 14.3 Å². The molecule has 1 aliphatic heterocycles. The van der Waals surface area contributed by atoms with Crippen LogP contribution in [0.15, 0.2) is 48.5 Å². The molecule has 136 valence electrons. The largest absolute Gasteiger partial charge is 0.464 e. The van der Waals surface area contributed by atoms with Crippen LogP contribution in [0.1, 0.15) is 33.3 Å². The first-order chi connectivity index (χ1) is 13.0. The van der Waals surface area contributed by atoms with Crippen LogP contribution in [0.4, 0.5) is 0 Å². The van der Waals surface area contributed by atoms with Gasteiger partial charge in [-0.25, -0.2) is 4.79 Å². The normalized spacial score (nSPS) is 12.3. The average Bonchev–Trinajstić information content (AvgIpc) is 3.03. The van der Waals surface area contributed by atoms with Crippen LogP contribution >= 0.6 is 11.6 Å². The fraction of sp³-hybridized carbons (Fsp3) is 0.182. The maximum absolute atomic E-state index is 12.7. The SMILES string of the molecule is COC(=O)c1c(-c2ccc(Cl)cc2)c(C(C)=O)c2n1CCc1ccccc1-2. The van der Waals surface area contributed by atoms with Gasteiger partial charge in [-0.05, 0) is 36.6 Å². The molecule has 0 fully saturated rings. The lowest BCUT2D eigenvalue weighted by Crippen LogP contribution is -2.17. The Labute approximate surface area is 162 Å². The molecule has 2 heterocycles. The Bertz CT molecular complexity index is 1060. The molecule has 0 N–H and O–H groups in total. The second-order valence-corrected chi connectivity index (χ2v) is 7.00. The molecule has 0 unspecified atom stereocenters. The van der Waals surface area contributed by atoms with Crippen LogP contribution in [0.5, 0.6) is 0 Å². The summed E-state index contributed by atoms with van der Waals surface area (Å²) in [4.78, 5) is 25.4. The maximum Gasteiger partial charge on any atom is 0.355 e. The highest BCUT2D eigenvalue weighted by molar-refractivity contribution is 6.30. The first-order valence-corrected chi connectivity index (χ1v) is 9.10. The van der Waals surface area contributed by atoms with Gasteiger partial charge < -0.3 is 9.30 Å². The van der Waals surface area contributed by atoms with E-state index in [-0.39, 0.29) is 5.78 Å². The van der Waals surface area contributed by atoms with Gasteiger partial charge in [0.1, 0.15) is 5.69 Å². The number of ketones is 1. The topological polar surface area (TPSA) is 48.3 Å². The summed E-state index contributed by atoms with van der Waals surface area (Å²) in [6, 6.07) is 15.2. The number of esters is 1. The van der Waals surface area contributed by atoms with Crippen molar-refractivity contribution in [2.24, 2.45) is 0 Å². The molecule has 1 aromatic heterocycles. The van der Waals surface area contributed by atoms with Crippen molar-refractivity contribution in [3.63, 3.8) is 0 Å². The summed E-state index contributed by atoms with van der Waals surface area (Å²) in [5.41, 5.74) is 5.28. The summed E-state index contributed by atoms with van der Waals surface area (Å²) in [5.74, 6) is -0.538. The number of ether oxygens (including phenoxy) is 1. The zero-order chi connectivity index (χ0) is 19.1. The van der Waals surface area contributed by atoms with E-state index in [0.717, 1.165) is 23.2 Å². The van der Waals surface area contributed by atoms with Crippen LogP contribution in [0.2, 0.25) is 5.02 Å². The summed E-state index contributed by atoms with van der Waals surface area (Å²) in [6.07, 6.45) is 0.791. The van der Waals surface area contributed by atoms with E-state index in [1.54, 1.807) is 12.1 Å². The van der Waals surface area contributed by atoms with Crippen LogP contribution in [-0.2, 0) is 17.7 Å². The van der Waals surface area contributed by atoms with Crippen molar-refractivity contribution in [3.05, 3.63) is 70.4 Å². The van der Waals surface area contributed by atoms with Gasteiger partial charge in [0, 0.05) is 22.7 Å². The summed E-state index contributed by atoms with van der Waals surface area (Å²) in [7, 11) is 1.36. The van der Waals surface area contributed by atoms with Crippen LogP contribution in [0.25, 0.3) is 22.4 Å². The number of carbonyl (C=O) groups is 2. The molecule has 0 saturated heterocycles. The van der Waals surface area contributed by atoms with Crippen molar-refractivity contribution in [1.29, 1.82) is 0 Å². The molecule has 3 aromatic rings. The number of carbonyl (C=O) groups excluding carboxylic acids is 2. The number of hydrogen-bond acceptors (Lipinski definition) is 3. The molecule has 0 atom stereocenters. The Kier molecular flexibility index (Phi) is 4.36. The van der Waals surface area contributed by atoms with Gasteiger partial charge in [0.25, 0.3) is 0 Å². The summed E-state index contributed by atoms with van der Waals surface area (Å²) < 4.78 is 7.00. The quantitative estimate of drug-likeness (QED) is 0.474. The summed E-state index contributed by atoms with van der Waals surface area (Å²) >= 11 is 6.04. The standard InChI is InChI=1S/C22H18ClNO3/c1-13(25)18-19(15-7-9-16(23)10-8-15)21(22(26)27-2)24-12-11-14-5-3-4-6-17(14)20(18)24/h3-10H,11-12H2,1-2H3. The molecule has 4 nitrogen and oxygen atoms in total. The Morgan fingerprint density at radius 2 is 1.78 bits per heavy atom. The van der Waals surface area contributed by atoms with E-state index in [4.69, 9.17) is 16.3 Å². The molecular weight excluding hydrogens is 362 g/mol. The minimum Gasteiger partial charge on any atom is -0.464 e. The fourth-order valence-electron chi connectivity index (χ4n) is 3.87. The van der Waals surface area contributed by atoms with Gasteiger partial charge in [-0.1, -0.05) is 48.0 Å². The number of hydrogen-bond donors (Lipinski definition) is 0. The van der Waals surface area contributed by atoms with Crippen molar-refractivity contribution in [2.45, 2.75) is 19.9 Å². The van der Waals surface area contributed by atoms with Crippen LogP contribution in [-0.4, -0.2) is 23.4 Å². The molecule has 0 radical (unpaired) electrons. The highest BCUT2D eigenvalue weighted by Crippen LogP contribution is 2.42. The predicted octanol–water partition coefficient (Wildman–Crippen LogP) is 5.02. The minimum atomic E-state index is -0.451. The van der Waals surface area contributed by atoms with Gasteiger partial charge in [0.15, 0.2) is 5.78 Å². The highest BCUT2D eigenvalue weighted by Gasteiger charge is 2.33. The zero-order valence-corrected chi connectivity index (χ0v) is 15.8. The van der Waals surface area contributed by atoms with Crippen molar-refractivity contribution in [1.82, 2.24) is 4.57 Å². The number of methoxy groups -OCH3 is 1. The van der Waals surface area contributed by atoms with Gasteiger partial charge in [0.2, 0.25) is 0 Å². The van der Waals surface area contributed by atoms with E-state index >= 15 is 0 Å². The number of fused-ring (bicyclic) bond motifs is 3. The number of aromatic nitrogens is 1. The number of Topliss-reactive ketones (excluding diaryl/α,β-unsaturated/α-hetero) is 1. The Balaban J connectivity index is 2.13. The van der Waals surface area contributed by atoms with E-state index in [1.807, 2.05) is 34.9 Å². The first-order valence-electron chi connectivity index (χ1n) is 8.73. The van der Waals surface area contributed by atoms with Crippen LogP contribution in [0, 0.1) is 0 Å². The van der Waals surface area contributed by atoms with Gasteiger partial charge in [0.05, 0.1) is 18.4 Å². The lowest BCUT2D eigenvalue weighted by atomic mass is 9.92.